The fourth-order valence-corrected chi connectivity index (χ4v) is 1.42. The van der Waals surface area contributed by atoms with Gasteiger partial charge in [-0.3, -0.25) is 4.79 Å². The molecular weight excluding hydrogens is 214 g/mol. The number of carboxylic acids is 1. The Hall–Kier alpha value is -1.64. The Morgan fingerprint density at radius 3 is 2.64 bits per heavy atom. The van der Waals surface area contributed by atoms with Crippen molar-refractivity contribution < 1.29 is 22.7 Å². The van der Waals surface area contributed by atoms with E-state index in [9.17, 15) is 13.2 Å². The monoisotopic (exact) mass is 221 g/mol. The smallest absolute Gasteiger partial charge is 0.329 e. The molecule has 8 nitrogen and oxygen atoms in total. The van der Waals surface area contributed by atoms with Gasteiger partial charge in [0.15, 0.2) is 5.75 Å². The van der Waals surface area contributed by atoms with E-state index in [1.807, 2.05) is 4.72 Å². The molecule has 78 valence electrons. The van der Waals surface area contributed by atoms with Crippen LogP contribution >= 0.6 is 0 Å². The zero-order chi connectivity index (χ0) is 10.8. The summed E-state index contributed by atoms with van der Waals surface area (Å²) < 4.78 is 28.5. The van der Waals surface area contributed by atoms with Gasteiger partial charge in [0.25, 0.3) is 0 Å². The second kappa shape index (κ2) is 3.62. The van der Waals surface area contributed by atoms with Crippen LogP contribution in [0.3, 0.4) is 0 Å². The quantitative estimate of drug-likeness (QED) is 0.682. The summed E-state index contributed by atoms with van der Waals surface area (Å²) in [7, 11) is -3.97. The maximum atomic E-state index is 11.0. The first kappa shape index (κ1) is 10.4. The number of aromatic nitrogens is 2. The van der Waals surface area contributed by atoms with E-state index in [2.05, 4.69) is 10.2 Å². The van der Waals surface area contributed by atoms with E-state index >= 15 is 0 Å². The molecular formula is C5H7N3O5S. The molecule has 0 amide bonds. The summed E-state index contributed by atoms with van der Waals surface area (Å²) in [5.41, 5.74) is 0. The van der Waals surface area contributed by atoms with Gasteiger partial charge in [0, 0.05) is 6.92 Å². The van der Waals surface area contributed by atoms with Crippen LogP contribution < -0.4 is 4.72 Å². The van der Waals surface area contributed by atoms with Crippen LogP contribution in [-0.2, 0) is 14.8 Å². The van der Waals surface area contributed by atoms with Crippen molar-refractivity contribution in [1.82, 2.24) is 10.2 Å². The van der Waals surface area contributed by atoms with E-state index in [0.717, 1.165) is 0 Å². The average Bonchev–Trinajstić information content (AvgIpc) is 2.30. The number of carboxylic acid groups (broad SMARTS) is 1. The van der Waals surface area contributed by atoms with Crippen molar-refractivity contribution in [2.75, 3.05) is 10.5 Å². The van der Waals surface area contributed by atoms with E-state index in [-0.39, 0.29) is 11.9 Å². The number of carbonyl (C=O) groups is 1. The lowest BCUT2D eigenvalue weighted by Gasteiger charge is -1.98. The number of sulfonamides is 1. The van der Waals surface area contributed by atoms with Gasteiger partial charge in [0.1, 0.15) is 0 Å². The van der Waals surface area contributed by atoms with Gasteiger partial charge in [-0.2, -0.15) is 0 Å². The molecule has 0 spiro atoms. The lowest BCUT2D eigenvalue weighted by atomic mass is 10.8. The third-order valence-corrected chi connectivity index (χ3v) is 2.19. The Morgan fingerprint density at radius 2 is 2.21 bits per heavy atom. The molecule has 0 aliphatic carbocycles. The number of nitrogens with one attached hydrogen (secondary N) is 1. The molecule has 2 N–H and O–H groups in total. The van der Waals surface area contributed by atoms with Crippen molar-refractivity contribution in [3.05, 3.63) is 5.89 Å². The van der Waals surface area contributed by atoms with Gasteiger partial charge in [-0.15, -0.1) is 5.10 Å². The fourth-order valence-electron chi connectivity index (χ4n) is 0.669. The van der Waals surface area contributed by atoms with Crippen LogP contribution in [0.2, 0.25) is 0 Å². The first-order valence-electron chi connectivity index (χ1n) is 3.41. The number of aryl methyl sites for hydroxylation is 1. The molecule has 0 fully saturated rings. The normalized spacial score (nSPS) is 11.2. The van der Waals surface area contributed by atoms with Gasteiger partial charge in [-0.25, -0.2) is 13.1 Å². The van der Waals surface area contributed by atoms with E-state index in [0.29, 0.717) is 0 Å². The van der Waals surface area contributed by atoms with Crippen LogP contribution in [0.25, 0.3) is 0 Å². The Labute approximate surface area is 79.0 Å². The molecule has 1 aromatic rings. The minimum atomic E-state index is -3.97. The average molecular weight is 221 g/mol. The zero-order valence-electron chi connectivity index (χ0n) is 7.09. The topological polar surface area (TPSA) is 122 Å². The van der Waals surface area contributed by atoms with Gasteiger partial charge in [0.05, 0.1) is 0 Å². The molecule has 1 aromatic heterocycles. The highest BCUT2D eigenvalue weighted by molar-refractivity contribution is 7.93. The van der Waals surface area contributed by atoms with Crippen molar-refractivity contribution >= 4 is 22.0 Å². The zero-order valence-corrected chi connectivity index (χ0v) is 7.91. The second-order valence-corrected chi connectivity index (χ2v) is 4.10. The van der Waals surface area contributed by atoms with E-state index in [1.54, 1.807) is 0 Å². The highest BCUT2D eigenvalue weighted by Crippen LogP contribution is 2.06. The summed E-state index contributed by atoms with van der Waals surface area (Å²) in [6.45, 7) is 1.47. The van der Waals surface area contributed by atoms with Gasteiger partial charge < -0.3 is 9.52 Å². The molecule has 0 aliphatic rings. The molecule has 0 unspecified atom stereocenters. The Balaban J connectivity index is 2.73. The standard InChI is InChI=1S/C5H7N3O5S/c1-3-6-7-5(13-3)8-14(11,12)2-4(9)10/h2H2,1H3,(H,7,8)(H,9,10). The van der Waals surface area contributed by atoms with E-state index in [1.165, 1.54) is 6.92 Å². The summed E-state index contributed by atoms with van der Waals surface area (Å²) in [6, 6.07) is -0.344. The Bertz CT molecular complexity index is 436. The molecule has 1 heterocycles. The molecule has 0 aliphatic heterocycles. The summed E-state index contributed by atoms with van der Waals surface area (Å²) in [4.78, 5) is 10.1. The van der Waals surface area contributed by atoms with Crippen LogP contribution in [0.1, 0.15) is 5.89 Å². The van der Waals surface area contributed by atoms with Crippen molar-refractivity contribution in [1.29, 1.82) is 0 Å². The van der Waals surface area contributed by atoms with Gasteiger partial charge in [-0.1, -0.05) is 5.10 Å². The van der Waals surface area contributed by atoms with Crippen molar-refractivity contribution in [2.45, 2.75) is 6.92 Å². The van der Waals surface area contributed by atoms with E-state index < -0.39 is 21.7 Å². The number of hydrogen-bond acceptors (Lipinski definition) is 6. The minimum absolute atomic E-state index is 0.179. The molecule has 0 saturated carbocycles. The second-order valence-electron chi connectivity index (χ2n) is 2.38. The summed E-state index contributed by atoms with van der Waals surface area (Å²) >= 11 is 0. The van der Waals surface area contributed by atoms with Crippen molar-refractivity contribution in [3.8, 4) is 0 Å². The summed E-state index contributed by atoms with van der Waals surface area (Å²) in [5, 5.41) is 14.9. The van der Waals surface area contributed by atoms with Crippen LogP contribution in [0.4, 0.5) is 6.01 Å². The third kappa shape index (κ3) is 3.01. The third-order valence-electron chi connectivity index (χ3n) is 1.08. The predicted octanol–water partition coefficient (Wildman–Crippen LogP) is -0.796. The van der Waals surface area contributed by atoms with Gasteiger partial charge in [0.2, 0.25) is 15.9 Å². The maximum absolute atomic E-state index is 11.0. The minimum Gasteiger partial charge on any atom is -0.480 e. The number of nitrogens with zero attached hydrogens (tertiary/aromatic N) is 2. The molecule has 0 atom stereocenters. The van der Waals surface area contributed by atoms with Crippen LogP contribution in [0, 0.1) is 6.92 Å². The highest BCUT2D eigenvalue weighted by atomic mass is 32.2. The first-order chi connectivity index (χ1) is 6.39. The predicted molar refractivity (Wildman–Crippen MR) is 44.1 cm³/mol. The number of aliphatic carboxylic acids is 1. The Kier molecular flexibility index (Phi) is 2.70. The molecule has 0 aromatic carbocycles. The summed E-state index contributed by atoms with van der Waals surface area (Å²) in [6.07, 6.45) is 0. The maximum Gasteiger partial charge on any atom is 0.329 e. The van der Waals surface area contributed by atoms with Crippen molar-refractivity contribution in [2.24, 2.45) is 0 Å². The highest BCUT2D eigenvalue weighted by Gasteiger charge is 2.18. The van der Waals surface area contributed by atoms with Crippen LogP contribution in [0.15, 0.2) is 4.42 Å². The van der Waals surface area contributed by atoms with Crippen LogP contribution in [-0.4, -0.2) is 35.4 Å². The molecule has 0 bridgehead atoms. The van der Waals surface area contributed by atoms with Crippen molar-refractivity contribution in [3.63, 3.8) is 0 Å². The molecule has 0 radical (unpaired) electrons. The number of rotatable bonds is 4. The lowest BCUT2D eigenvalue weighted by Crippen LogP contribution is -2.22. The fraction of sp³-hybridized carbons (Fsp3) is 0.400. The van der Waals surface area contributed by atoms with Gasteiger partial charge in [-0.05, 0) is 0 Å². The molecule has 0 saturated heterocycles. The number of anilines is 1. The lowest BCUT2D eigenvalue weighted by molar-refractivity contribution is -0.134. The SMILES string of the molecule is Cc1nnc(NS(=O)(=O)CC(=O)O)o1. The Morgan fingerprint density at radius 1 is 1.57 bits per heavy atom. The molecule has 9 heteroatoms. The molecule has 1 rings (SSSR count). The summed E-state index contributed by atoms with van der Waals surface area (Å²) in [5.74, 6) is -2.33. The van der Waals surface area contributed by atoms with Gasteiger partial charge >= 0.3 is 12.0 Å². The molecule has 14 heavy (non-hydrogen) atoms. The number of hydrogen-bond donors (Lipinski definition) is 2. The van der Waals surface area contributed by atoms with Crippen LogP contribution in [0.5, 0.6) is 0 Å². The largest absolute Gasteiger partial charge is 0.480 e. The first-order valence-corrected chi connectivity index (χ1v) is 5.07. The van der Waals surface area contributed by atoms with E-state index in [4.69, 9.17) is 9.52 Å².